The Balaban J connectivity index is 1.96. The number of furan rings is 1. The van der Waals surface area contributed by atoms with E-state index in [4.69, 9.17) is 9.15 Å². The van der Waals surface area contributed by atoms with Crippen LogP contribution in [0.5, 0.6) is 0 Å². The number of rotatable bonds is 7. The molecule has 0 fully saturated rings. The summed E-state index contributed by atoms with van der Waals surface area (Å²) in [4.78, 5) is 4.28. The third-order valence-electron chi connectivity index (χ3n) is 2.56. The van der Waals surface area contributed by atoms with Crippen molar-refractivity contribution in [3.8, 4) is 11.5 Å². The van der Waals surface area contributed by atoms with Gasteiger partial charge >= 0.3 is 0 Å². The molecule has 1 atom stereocenters. The van der Waals surface area contributed by atoms with Crippen LogP contribution in [0.3, 0.4) is 0 Å². The SMILES string of the molecule is CCOC[C@@H](O)CNc1nncc(-c2ccc(C)o2)n1. The molecule has 2 heterocycles. The smallest absolute Gasteiger partial charge is 0.243 e. The van der Waals surface area contributed by atoms with Gasteiger partial charge in [-0.05, 0) is 26.0 Å². The number of hydrogen-bond acceptors (Lipinski definition) is 7. The van der Waals surface area contributed by atoms with Crippen LogP contribution in [0.25, 0.3) is 11.5 Å². The lowest BCUT2D eigenvalue weighted by Gasteiger charge is -2.11. The molecule has 0 aliphatic heterocycles. The van der Waals surface area contributed by atoms with Crippen molar-refractivity contribution in [2.75, 3.05) is 25.1 Å². The first-order valence-corrected chi connectivity index (χ1v) is 6.45. The third-order valence-corrected chi connectivity index (χ3v) is 2.56. The fourth-order valence-electron chi connectivity index (χ4n) is 1.59. The molecule has 0 unspecified atom stereocenters. The van der Waals surface area contributed by atoms with Crippen LogP contribution in [0.1, 0.15) is 12.7 Å². The quantitative estimate of drug-likeness (QED) is 0.787. The molecule has 7 heteroatoms. The fraction of sp³-hybridized carbons (Fsp3) is 0.462. The van der Waals surface area contributed by atoms with Gasteiger partial charge in [-0.1, -0.05) is 0 Å². The molecule has 0 bridgehead atoms. The van der Waals surface area contributed by atoms with E-state index in [1.165, 1.54) is 6.20 Å². The summed E-state index contributed by atoms with van der Waals surface area (Å²) in [6.07, 6.45) is 0.910. The molecule has 20 heavy (non-hydrogen) atoms. The second-order valence-corrected chi connectivity index (χ2v) is 4.27. The molecular weight excluding hydrogens is 260 g/mol. The fourth-order valence-corrected chi connectivity index (χ4v) is 1.59. The van der Waals surface area contributed by atoms with Crippen LogP contribution in [0.2, 0.25) is 0 Å². The third kappa shape index (κ3) is 4.01. The number of aliphatic hydroxyl groups excluding tert-OH is 1. The van der Waals surface area contributed by atoms with Gasteiger partial charge in [0.15, 0.2) is 5.76 Å². The van der Waals surface area contributed by atoms with Crippen LogP contribution < -0.4 is 5.32 Å². The number of anilines is 1. The van der Waals surface area contributed by atoms with Crippen molar-refractivity contribution in [1.29, 1.82) is 0 Å². The Morgan fingerprint density at radius 2 is 2.30 bits per heavy atom. The van der Waals surface area contributed by atoms with E-state index in [0.29, 0.717) is 30.6 Å². The number of ether oxygens (including phenoxy) is 1. The lowest BCUT2D eigenvalue weighted by Crippen LogP contribution is -2.25. The predicted octanol–water partition coefficient (Wildman–Crippen LogP) is 1.25. The molecule has 0 aromatic carbocycles. The van der Waals surface area contributed by atoms with Crippen molar-refractivity contribution in [3.05, 3.63) is 24.1 Å². The Hall–Kier alpha value is -1.99. The minimum absolute atomic E-state index is 0.272. The van der Waals surface area contributed by atoms with Crippen molar-refractivity contribution in [1.82, 2.24) is 15.2 Å². The van der Waals surface area contributed by atoms with Gasteiger partial charge in [0.1, 0.15) is 11.5 Å². The van der Waals surface area contributed by atoms with E-state index in [-0.39, 0.29) is 6.61 Å². The van der Waals surface area contributed by atoms with Crippen molar-refractivity contribution in [2.24, 2.45) is 0 Å². The van der Waals surface area contributed by atoms with Crippen molar-refractivity contribution < 1.29 is 14.3 Å². The van der Waals surface area contributed by atoms with Crippen LogP contribution in [-0.2, 0) is 4.74 Å². The maximum absolute atomic E-state index is 9.65. The van der Waals surface area contributed by atoms with Gasteiger partial charge in [0, 0.05) is 13.2 Å². The molecule has 0 spiro atoms. The number of nitrogens with zero attached hydrogens (tertiary/aromatic N) is 3. The molecule has 2 aromatic heterocycles. The van der Waals surface area contributed by atoms with Crippen molar-refractivity contribution in [3.63, 3.8) is 0 Å². The zero-order chi connectivity index (χ0) is 14.4. The standard InChI is InChI=1S/C13H18N4O3/c1-3-19-8-10(18)6-14-13-16-11(7-15-17-13)12-5-4-9(2)20-12/h4-5,7,10,18H,3,6,8H2,1-2H3,(H,14,16,17)/t10-/m0/s1. The summed E-state index contributed by atoms with van der Waals surface area (Å²) in [6.45, 7) is 4.88. The van der Waals surface area contributed by atoms with E-state index < -0.39 is 6.10 Å². The number of aryl methyl sites for hydroxylation is 1. The molecule has 0 aliphatic carbocycles. The van der Waals surface area contributed by atoms with E-state index in [2.05, 4.69) is 20.5 Å². The van der Waals surface area contributed by atoms with Gasteiger partial charge < -0.3 is 19.6 Å². The molecule has 0 radical (unpaired) electrons. The summed E-state index contributed by atoms with van der Waals surface area (Å²) >= 11 is 0. The lowest BCUT2D eigenvalue weighted by atomic mass is 10.3. The predicted molar refractivity (Wildman–Crippen MR) is 73.3 cm³/mol. The maximum atomic E-state index is 9.65. The minimum atomic E-state index is -0.618. The highest BCUT2D eigenvalue weighted by Crippen LogP contribution is 2.19. The van der Waals surface area contributed by atoms with Crippen LogP contribution in [0.15, 0.2) is 22.7 Å². The maximum Gasteiger partial charge on any atom is 0.243 e. The molecule has 0 saturated heterocycles. The van der Waals surface area contributed by atoms with Crippen LogP contribution in [-0.4, -0.2) is 46.2 Å². The zero-order valence-corrected chi connectivity index (χ0v) is 11.5. The summed E-state index contributed by atoms with van der Waals surface area (Å²) in [6, 6.07) is 3.68. The minimum Gasteiger partial charge on any atom is -0.460 e. The van der Waals surface area contributed by atoms with Crippen LogP contribution >= 0.6 is 0 Å². The Morgan fingerprint density at radius 3 is 3.00 bits per heavy atom. The lowest BCUT2D eigenvalue weighted by molar-refractivity contribution is 0.0495. The summed E-state index contributed by atoms with van der Waals surface area (Å²) < 4.78 is 10.6. The average Bonchev–Trinajstić information content (AvgIpc) is 2.90. The second-order valence-electron chi connectivity index (χ2n) is 4.27. The van der Waals surface area contributed by atoms with Gasteiger partial charge in [0.05, 0.1) is 18.9 Å². The van der Waals surface area contributed by atoms with Gasteiger partial charge in [0.2, 0.25) is 5.95 Å². The Kier molecular flexibility index (Phi) is 5.03. The molecule has 7 nitrogen and oxygen atoms in total. The van der Waals surface area contributed by atoms with Gasteiger partial charge in [0.25, 0.3) is 0 Å². The Morgan fingerprint density at radius 1 is 1.45 bits per heavy atom. The molecule has 2 aromatic rings. The number of nitrogens with one attached hydrogen (secondary N) is 1. The Bertz CT molecular complexity index is 544. The summed E-state index contributed by atoms with van der Waals surface area (Å²) in [5.41, 5.74) is 0.592. The van der Waals surface area contributed by atoms with Gasteiger partial charge in [-0.25, -0.2) is 4.98 Å². The van der Waals surface area contributed by atoms with E-state index >= 15 is 0 Å². The highest BCUT2D eigenvalue weighted by Gasteiger charge is 2.09. The molecular formula is C13H18N4O3. The summed E-state index contributed by atoms with van der Waals surface area (Å²) in [5, 5.41) is 20.3. The van der Waals surface area contributed by atoms with Crippen molar-refractivity contribution >= 4 is 5.95 Å². The highest BCUT2D eigenvalue weighted by molar-refractivity contribution is 5.52. The molecule has 0 aliphatic rings. The number of aromatic nitrogens is 3. The number of aliphatic hydroxyl groups is 1. The molecule has 108 valence electrons. The van der Waals surface area contributed by atoms with Gasteiger partial charge in [-0.15, -0.1) is 5.10 Å². The van der Waals surface area contributed by atoms with E-state index in [1.807, 2.05) is 26.0 Å². The topological polar surface area (TPSA) is 93.3 Å². The van der Waals surface area contributed by atoms with Crippen LogP contribution in [0.4, 0.5) is 5.95 Å². The highest BCUT2D eigenvalue weighted by atomic mass is 16.5. The number of hydrogen-bond donors (Lipinski definition) is 2. The Labute approximate surface area is 117 Å². The van der Waals surface area contributed by atoms with E-state index in [1.54, 1.807) is 0 Å². The zero-order valence-electron chi connectivity index (χ0n) is 11.5. The van der Waals surface area contributed by atoms with Crippen LogP contribution in [0, 0.1) is 6.92 Å². The summed E-state index contributed by atoms with van der Waals surface area (Å²) in [5.74, 6) is 1.78. The van der Waals surface area contributed by atoms with E-state index in [9.17, 15) is 5.11 Å². The van der Waals surface area contributed by atoms with E-state index in [0.717, 1.165) is 5.76 Å². The molecule has 0 saturated carbocycles. The molecule has 0 amide bonds. The first kappa shape index (κ1) is 14.4. The normalized spacial score (nSPS) is 12.3. The average molecular weight is 278 g/mol. The molecule has 2 N–H and O–H groups in total. The summed E-state index contributed by atoms with van der Waals surface area (Å²) in [7, 11) is 0. The molecule has 2 rings (SSSR count). The first-order valence-electron chi connectivity index (χ1n) is 6.45. The monoisotopic (exact) mass is 278 g/mol. The second kappa shape index (κ2) is 6.97. The van der Waals surface area contributed by atoms with Gasteiger partial charge in [-0.3, -0.25) is 0 Å². The largest absolute Gasteiger partial charge is 0.460 e. The van der Waals surface area contributed by atoms with Gasteiger partial charge in [-0.2, -0.15) is 5.10 Å². The van der Waals surface area contributed by atoms with Crippen molar-refractivity contribution in [2.45, 2.75) is 20.0 Å². The first-order chi connectivity index (χ1) is 9.69.